The monoisotopic (exact) mass is 405 g/mol. The molecule has 0 aliphatic heterocycles. The van der Waals surface area contributed by atoms with Gasteiger partial charge in [0.05, 0.1) is 0 Å². The fourth-order valence-corrected chi connectivity index (χ4v) is 2.81. The number of benzene rings is 3. The van der Waals surface area contributed by atoms with Crippen LogP contribution in [0.15, 0.2) is 84.9 Å². The quantitative estimate of drug-likeness (QED) is 0.558. The van der Waals surface area contributed by atoms with Gasteiger partial charge in [-0.3, -0.25) is 0 Å². The van der Waals surface area contributed by atoms with E-state index in [0.717, 1.165) is 16.7 Å². The molecule has 3 rings (SSSR count). The van der Waals surface area contributed by atoms with E-state index in [9.17, 15) is 14.7 Å². The van der Waals surface area contributed by atoms with E-state index in [2.05, 4.69) is 5.32 Å². The largest absolute Gasteiger partial charge is 0.489 e. The van der Waals surface area contributed by atoms with Crippen LogP contribution in [0.1, 0.15) is 16.7 Å². The predicted octanol–water partition coefficient (Wildman–Crippen LogP) is 4.19. The molecule has 6 nitrogen and oxygen atoms in total. The molecule has 0 spiro atoms. The van der Waals surface area contributed by atoms with Crippen LogP contribution in [0.3, 0.4) is 0 Å². The Morgan fingerprint density at radius 2 is 1.33 bits per heavy atom. The van der Waals surface area contributed by atoms with Crippen LogP contribution in [0.25, 0.3) is 0 Å². The van der Waals surface area contributed by atoms with Crippen molar-refractivity contribution in [2.75, 3.05) is 0 Å². The molecule has 0 radical (unpaired) electrons. The van der Waals surface area contributed by atoms with Crippen LogP contribution >= 0.6 is 0 Å². The van der Waals surface area contributed by atoms with Crippen molar-refractivity contribution in [1.29, 1.82) is 0 Å². The maximum absolute atomic E-state index is 12.0. The maximum Gasteiger partial charge on any atom is 0.408 e. The molecule has 0 aliphatic rings. The Morgan fingerprint density at radius 3 is 1.90 bits per heavy atom. The lowest BCUT2D eigenvalue weighted by Gasteiger charge is -2.15. The predicted molar refractivity (Wildman–Crippen MR) is 112 cm³/mol. The van der Waals surface area contributed by atoms with E-state index in [1.807, 2.05) is 60.7 Å². The van der Waals surface area contributed by atoms with Crippen LogP contribution in [-0.4, -0.2) is 23.2 Å². The lowest BCUT2D eigenvalue weighted by Crippen LogP contribution is -2.42. The summed E-state index contributed by atoms with van der Waals surface area (Å²) in [5, 5.41) is 11.8. The molecule has 30 heavy (non-hydrogen) atoms. The highest BCUT2D eigenvalue weighted by atomic mass is 16.5. The maximum atomic E-state index is 12.0. The first-order valence-electron chi connectivity index (χ1n) is 9.56. The average Bonchev–Trinajstić information content (AvgIpc) is 2.78. The first-order valence-corrected chi connectivity index (χ1v) is 9.56. The van der Waals surface area contributed by atoms with Crippen molar-refractivity contribution in [3.63, 3.8) is 0 Å². The molecule has 3 aromatic carbocycles. The average molecular weight is 405 g/mol. The highest BCUT2D eigenvalue weighted by Crippen LogP contribution is 2.15. The molecule has 2 N–H and O–H groups in total. The number of carboxylic acids is 1. The number of nitrogens with one attached hydrogen (secondary N) is 1. The van der Waals surface area contributed by atoms with E-state index in [1.54, 1.807) is 24.3 Å². The SMILES string of the molecule is O=C(NC(Cc1ccc(OCc2ccccc2)cc1)C(=O)O)OCc1ccccc1. The lowest BCUT2D eigenvalue weighted by molar-refractivity contribution is -0.139. The number of hydrogen-bond acceptors (Lipinski definition) is 4. The first kappa shape index (κ1) is 20.9. The number of rotatable bonds is 9. The molecule has 1 atom stereocenters. The molecule has 0 saturated heterocycles. The molecule has 154 valence electrons. The third-order valence-electron chi connectivity index (χ3n) is 4.41. The third-order valence-corrected chi connectivity index (χ3v) is 4.41. The van der Waals surface area contributed by atoms with Crippen molar-refractivity contribution in [3.05, 3.63) is 102 Å². The molecule has 0 saturated carbocycles. The van der Waals surface area contributed by atoms with Gasteiger partial charge in [-0.1, -0.05) is 72.8 Å². The molecule has 6 heteroatoms. The van der Waals surface area contributed by atoms with E-state index in [4.69, 9.17) is 9.47 Å². The highest BCUT2D eigenvalue weighted by Gasteiger charge is 2.21. The Morgan fingerprint density at radius 1 is 0.767 bits per heavy atom. The van der Waals surface area contributed by atoms with Gasteiger partial charge in [0.2, 0.25) is 0 Å². The molecule has 0 aromatic heterocycles. The molecule has 0 aliphatic carbocycles. The summed E-state index contributed by atoms with van der Waals surface area (Å²) in [6.45, 7) is 0.527. The van der Waals surface area contributed by atoms with Gasteiger partial charge in [-0.2, -0.15) is 0 Å². The van der Waals surface area contributed by atoms with E-state index >= 15 is 0 Å². The summed E-state index contributed by atoms with van der Waals surface area (Å²) in [6, 6.07) is 25.0. The van der Waals surface area contributed by atoms with Gasteiger partial charge < -0.3 is 19.9 Å². The Kier molecular flexibility index (Phi) is 7.44. The van der Waals surface area contributed by atoms with Gasteiger partial charge in [-0.15, -0.1) is 0 Å². The second-order valence-corrected chi connectivity index (χ2v) is 6.72. The van der Waals surface area contributed by atoms with Crippen molar-refractivity contribution in [2.45, 2.75) is 25.7 Å². The Labute approximate surface area is 175 Å². The first-order chi connectivity index (χ1) is 14.6. The second-order valence-electron chi connectivity index (χ2n) is 6.72. The molecular weight excluding hydrogens is 382 g/mol. The van der Waals surface area contributed by atoms with E-state index in [1.165, 1.54) is 0 Å². The van der Waals surface area contributed by atoms with Gasteiger partial charge in [0.1, 0.15) is 25.0 Å². The number of amides is 1. The van der Waals surface area contributed by atoms with Gasteiger partial charge in [-0.05, 0) is 28.8 Å². The molecular formula is C24H23NO5. The van der Waals surface area contributed by atoms with Crippen LogP contribution in [0.2, 0.25) is 0 Å². The number of ether oxygens (including phenoxy) is 2. The van der Waals surface area contributed by atoms with Crippen LogP contribution in [0.4, 0.5) is 4.79 Å². The summed E-state index contributed by atoms with van der Waals surface area (Å²) >= 11 is 0. The lowest BCUT2D eigenvalue weighted by atomic mass is 10.1. The van der Waals surface area contributed by atoms with Crippen LogP contribution in [0, 0.1) is 0 Å². The summed E-state index contributed by atoms with van der Waals surface area (Å²) in [5.41, 5.74) is 2.65. The normalized spacial score (nSPS) is 11.3. The minimum Gasteiger partial charge on any atom is -0.489 e. The Balaban J connectivity index is 1.50. The van der Waals surface area contributed by atoms with Gasteiger partial charge in [0.25, 0.3) is 0 Å². The molecule has 1 amide bonds. The molecule has 0 bridgehead atoms. The van der Waals surface area contributed by atoms with E-state index in [-0.39, 0.29) is 13.0 Å². The smallest absolute Gasteiger partial charge is 0.408 e. The molecule has 0 fully saturated rings. The highest BCUT2D eigenvalue weighted by molar-refractivity contribution is 5.80. The Hall–Kier alpha value is -3.80. The summed E-state index contributed by atoms with van der Waals surface area (Å²) < 4.78 is 10.8. The summed E-state index contributed by atoms with van der Waals surface area (Å²) in [6.07, 6.45) is -0.636. The number of carbonyl (C=O) groups is 2. The van der Waals surface area contributed by atoms with E-state index in [0.29, 0.717) is 12.4 Å². The summed E-state index contributed by atoms with van der Waals surface area (Å²) in [7, 11) is 0. The van der Waals surface area contributed by atoms with Gasteiger partial charge in [0.15, 0.2) is 0 Å². The number of hydrogen-bond donors (Lipinski definition) is 2. The fraction of sp³-hybridized carbons (Fsp3) is 0.167. The standard InChI is InChI=1S/C24H23NO5/c26-23(27)22(25-24(28)30-17-20-9-5-2-6-10-20)15-18-11-13-21(14-12-18)29-16-19-7-3-1-4-8-19/h1-14,22H,15-17H2,(H,25,28)(H,26,27). The van der Waals surface area contributed by atoms with Crippen LogP contribution < -0.4 is 10.1 Å². The zero-order chi connectivity index (χ0) is 21.2. The van der Waals surface area contributed by atoms with Crippen molar-refractivity contribution in [1.82, 2.24) is 5.32 Å². The molecule has 1 unspecified atom stereocenters. The minimum atomic E-state index is -1.13. The minimum absolute atomic E-state index is 0.0759. The van der Waals surface area contributed by atoms with Gasteiger partial charge in [0, 0.05) is 6.42 Å². The van der Waals surface area contributed by atoms with Crippen molar-refractivity contribution in [2.24, 2.45) is 0 Å². The van der Waals surface area contributed by atoms with Gasteiger partial charge >= 0.3 is 12.1 Å². The number of aliphatic carboxylic acids is 1. The zero-order valence-corrected chi connectivity index (χ0v) is 16.4. The van der Waals surface area contributed by atoms with E-state index < -0.39 is 18.1 Å². The number of carboxylic acid groups (broad SMARTS) is 1. The number of carbonyl (C=O) groups excluding carboxylic acids is 1. The summed E-state index contributed by atoms with van der Waals surface area (Å²) in [4.78, 5) is 23.5. The van der Waals surface area contributed by atoms with Crippen molar-refractivity contribution in [3.8, 4) is 5.75 Å². The topological polar surface area (TPSA) is 84.9 Å². The fourth-order valence-electron chi connectivity index (χ4n) is 2.81. The van der Waals surface area contributed by atoms with Gasteiger partial charge in [-0.25, -0.2) is 9.59 Å². The molecule has 0 heterocycles. The van der Waals surface area contributed by atoms with Crippen molar-refractivity contribution < 1.29 is 24.2 Å². The second kappa shape index (κ2) is 10.7. The summed E-state index contributed by atoms with van der Waals surface area (Å²) in [5.74, 6) is -0.444. The Bertz CT molecular complexity index is 942. The van der Waals surface area contributed by atoms with Crippen molar-refractivity contribution >= 4 is 12.1 Å². The molecule has 3 aromatic rings. The van der Waals surface area contributed by atoms with Crippen LogP contribution in [0.5, 0.6) is 5.75 Å². The zero-order valence-electron chi connectivity index (χ0n) is 16.4. The third kappa shape index (κ3) is 6.67. The van der Waals surface area contributed by atoms with Crippen LogP contribution in [-0.2, 0) is 29.2 Å². The number of alkyl carbamates (subject to hydrolysis) is 1.